The molecule has 0 amide bonds. The Kier molecular flexibility index (Phi) is 11.9. The number of aliphatic hydroxyl groups is 9. The van der Waals surface area contributed by atoms with Crippen molar-refractivity contribution >= 4 is 5.97 Å². The van der Waals surface area contributed by atoms with Crippen molar-refractivity contribution < 1.29 is 74.8 Å². The molecule has 326 valence electrons. The van der Waals surface area contributed by atoms with Gasteiger partial charge < -0.3 is 70.0 Å². The molecule has 0 aromatic rings. The van der Waals surface area contributed by atoms with Gasteiger partial charge in [0.25, 0.3) is 0 Å². The van der Waals surface area contributed by atoms with Gasteiger partial charge in [-0.1, -0.05) is 32.4 Å². The van der Waals surface area contributed by atoms with Crippen molar-refractivity contribution in [1.29, 1.82) is 0 Å². The second kappa shape index (κ2) is 15.5. The van der Waals surface area contributed by atoms with Gasteiger partial charge in [-0.25, -0.2) is 0 Å². The second-order valence-electron chi connectivity index (χ2n) is 19.8. The SMILES string of the molecule is C/C(=C\CC(O)C(C)C1CCC2(C)C3CCC4C(C)(C(=O)O)C(OC5OC(CO)C(O)C(O)C5OC5OC(CO)C(O)C(O)C5O)CCC45CC35CCC12C)CO. The van der Waals surface area contributed by atoms with Gasteiger partial charge in [-0.05, 0) is 123 Å². The number of fused-ring (bicyclic) bond motifs is 2. The van der Waals surface area contributed by atoms with Crippen LogP contribution < -0.4 is 0 Å². The molecule has 2 heterocycles. The van der Waals surface area contributed by atoms with E-state index in [0.29, 0.717) is 31.1 Å². The molecule has 7 fully saturated rings. The lowest BCUT2D eigenvalue weighted by atomic mass is 9.41. The molecule has 57 heavy (non-hydrogen) atoms. The van der Waals surface area contributed by atoms with Crippen molar-refractivity contribution in [2.24, 2.45) is 50.7 Å². The van der Waals surface area contributed by atoms with Gasteiger partial charge in [-0.15, -0.1) is 0 Å². The Morgan fingerprint density at radius 1 is 0.754 bits per heavy atom. The molecule has 0 bridgehead atoms. The van der Waals surface area contributed by atoms with E-state index in [0.717, 1.165) is 50.5 Å². The standard InChI is InChI=1S/C42H68O15/c1-20(16-43)6-7-23(46)21(2)22-10-12-39(4)26-8-9-27-40(5,37(52)53)28(11-13-41(27)19-42(26,41)15-14-38(22,39)3)56-36-34(32(50)30(48)25(18-45)55-36)57-35-33(51)31(49)29(47)24(17-44)54-35/h6,21-36,43-51H,7-19H2,1-5H3,(H,52,53)/b20-6+. The molecule has 21 atom stereocenters. The molecule has 7 rings (SSSR count). The van der Waals surface area contributed by atoms with Gasteiger partial charge >= 0.3 is 5.97 Å². The van der Waals surface area contributed by atoms with E-state index in [1.54, 1.807) is 6.92 Å². The Bertz CT molecular complexity index is 1510. The fourth-order valence-corrected chi connectivity index (χ4v) is 14.1. The summed E-state index contributed by atoms with van der Waals surface area (Å²) in [4.78, 5) is 13.7. The zero-order valence-corrected chi connectivity index (χ0v) is 34.0. The highest BCUT2D eigenvalue weighted by Gasteiger charge is 2.83. The molecule has 21 unspecified atom stereocenters. The third-order valence-electron chi connectivity index (χ3n) is 17.7. The molecule has 0 aromatic carbocycles. The number of carbonyl (C=O) groups is 1. The maximum atomic E-state index is 13.7. The van der Waals surface area contributed by atoms with E-state index >= 15 is 0 Å². The average molecular weight is 813 g/mol. The number of rotatable bonds is 12. The minimum Gasteiger partial charge on any atom is -0.481 e. The third-order valence-corrected chi connectivity index (χ3v) is 17.7. The summed E-state index contributed by atoms with van der Waals surface area (Å²) in [6.07, 6.45) is -7.49. The number of hydrogen-bond donors (Lipinski definition) is 10. The average Bonchev–Trinajstić information content (AvgIpc) is 3.78. The van der Waals surface area contributed by atoms with Crippen LogP contribution >= 0.6 is 0 Å². The zero-order chi connectivity index (χ0) is 41.6. The van der Waals surface area contributed by atoms with Crippen molar-refractivity contribution in [2.75, 3.05) is 19.8 Å². The quantitative estimate of drug-likeness (QED) is 0.0968. The van der Waals surface area contributed by atoms with Crippen LogP contribution in [0.25, 0.3) is 0 Å². The summed E-state index contributed by atoms with van der Waals surface area (Å²) in [7, 11) is 0. The zero-order valence-electron chi connectivity index (χ0n) is 34.0. The summed E-state index contributed by atoms with van der Waals surface area (Å²) in [5, 5.41) is 105. The van der Waals surface area contributed by atoms with Crippen LogP contribution in [0.3, 0.4) is 0 Å². The highest BCUT2D eigenvalue weighted by atomic mass is 16.8. The largest absolute Gasteiger partial charge is 0.481 e. The van der Waals surface area contributed by atoms with Crippen LogP contribution in [0.15, 0.2) is 11.6 Å². The van der Waals surface area contributed by atoms with E-state index in [4.69, 9.17) is 18.9 Å². The molecule has 15 nitrogen and oxygen atoms in total. The van der Waals surface area contributed by atoms with E-state index in [1.807, 2.05) is 13.0 Å². The first-order valence-corrected chi connectivity index (χ1v) is 21.2. The first-order chi connectivity index (χ1) is 26.8. The molecule has 7 aliphatic rings. The molecule has 15 heteroatoms. The summed E-state index contributed by atoms with van der Waals surface area (Å²) >= 11 is 0. The normalized spacial score (nSPS) is 53.2. The Balaban J connectivity index is 1.12. The summed E-state index contributed by atoms with van der Waals surface area (Å²) in [6.45, 7) is 9.22. The lowest BCUT2D eigenvalue weighted by Crippen LogP contribution is -2.66. The fraction of sp³-hybridized carbons (Fsp3) is 0.929. The van der Waals surface area contributed by atoms with Gasteiger partial charge in [0, 0.05) is 0 Å². The Hall–Kier alpha value is -1.31. The van der Waals surface area contributed by atoms with Crippen molar-refractivity contribution in [2.45, 2.75) is 172 Å². The van der Waals surface area contributed by atoms with Gasteiger partial charge in [0.05, 0.1) is 37.4 Å². The lowest BCUT2D eigenvalue weighted by molar-refractivity contribution is -0.377. The van der Waals surface area contributed by atoms with Crippen LogP contribution in [0, 0.1) is 50.7 Å². The number of carboxylic acid groups (broad SMARTS) is 1. The van der Waals surface area contributed by atoms with Crippen molar-refractivity contribution in [1.82, 2.24) is 0 Å². The Morgan fingerprint density at radius 3 is 2.00 bits per heavy atom. The van der Waals surface area contributed by atoms with Crippen molar-refractivity contribution in [3.63, 3.8) is 0 Å². The lowest BCUT2D eigenvalue weighted by Gasteiger charge is -2.63. The predicted molar refractivity (Wildman–Crippen MR) is 201 cm³/mol. The molecule has 10 N–H and O–H groups in total. The van der Waals surface area contributed by atoms with E-state index in [2.05, 4.69) is 20.8 Å². The van der Waals surface area contributed by atoms with Gasteiger partial charge in [0.2, 0.25) is 0 Å². The van der Waals surface area contributed by atoms with Crippen LogP contribution in [-0.4, -0.2) is 150 Å². The second-order valence-corrected chi connectivity index (χ2v) is 19.8. The number of aliphatic hydroxyl groups excluding tert-OH is 9. The molecule has 2 aliphatic heterocycles. The third kappa shape index (κ3) is 6.43. The van der Waals surface area contributed by atoms with Crippen LogP contribution in [-0.2, 0) is 23.7 Å². The maximum absolute atomic E-state index is 13.7. The van der Waals surface area contributed by atoms with Gasteiger partial charge in [0.1, 0.15) is 48.8 Å². The molecule has 5 aliphatic carbocycles. The number of hydrogen-bond acceptors (Lipinski definition) is 14. The molecule has 0 aromatic heterocycles. The molecular formula is C42H68O15. The number of carboxylic acids is 1. The summed E-state index contributed by atoms with van der Waals surface area (Å²) < 4.78 is 24.0. The molecule has 5 saturated carbocycles. The molecule has 2 spiro atoms. The first-order valence-electron chi connectivity index (χ1n) is 21.2. The van der Waals surface area contributed by atoms with Crippen molar-refractivity contribution in [3.8, 4) is 0 Å². The fourth-order valence-electron chi connectivity index (χ4n) is 14.1. The van der Waals surface area contributed by atoms with E-state index < -0.39 is 98.2 Å². The maximum Gasteiger partial charge on any atom is 0.312 e. The highest BCUT2D eigenvalue weighted by Crippen LogP contribution is 2.89. The van der Waals surface area contributed by atoms with Gasteiger partial charge in [0.15, 0.2) is 12.6 Å². The number of ether oxygens (including phenoxy) is 4. The van der Waals surface area contributed by atoms with E-state index in [-0.39, 0.29) is 40.1 Å². The number of aliphatic carboxylic acids is 1. The Morgan fingerprint density at radius 2 is 1.37 bits per heavy atom. The van der Waals surface area contributed by atoms with Crippen LogP contribution in [0.2, 0.25) is 0 Å². The van der Waals surface area contributed by atoms with Crippen LogP contribution in [0.4, 0.5) is 0 Å². The van der Waals surface area contributed by atoms with Crippen LogP contribution in [0.1, 0.15) is 98.8 Å². The Labute approximate surface area is 335 Å². The van der Waals surface area contributed by atoms with Gasteiger partial charge in [-0.3, -0.25) is 4.79 Å². The van der Waals surface area contributed by atoms with E-state index in [1.165, 1.54) is 0 Å². The van der Waals surface area contributed by atoms with E-state index in [9.17, 15) is 55.9 Å². The summed E-state index contributed by atoms with van der Waals surface area (Å²) in [5.41, 5.74) is -0.726. The molecular weight excluding hydrogens is 744 g/mol. The molecule has 2 saturated heterocycles. The predicted octanol–water partition coefficient (Wildman–Crippen LogP) is 0.825. The summed E-state index contributed by atoms with van der Waals surface area (Å²) in [6, 6.07) is 0. The minimum atomic E-state index is -1.83. The van der Waals surface area contributed by atoms with Crippen LogP contribution in [0.5, 0.6) is 0 Å². The first kappa shape index (κ1) is 43.8. The molecule has 0 radical (unpaired) electrons. The highest BCUT2D eigenvalue weighted by molar-refractivity contribution is 5.76. The monoisotopic (exact) mass is 812 g/mol. The topological polar surface area (TPSA) is 256 Å². The summed E-state index contributed by atoms with van der Waals surface area (Å²) in [5.74, 6) is -0.422. The van der Waals surface area contributed by atoms with Gasteiger partial charge in [-0.2, -0.15) is 0 Å². The minimum absolute atomic E-state index is 0.00894. The smallest absolute Gasteiger partial charge is 0.312 e. The van der Waals surface area contributed by atoms with Crippen molar-refractivity contribution in [3.05, 3.63) is 11.6 Å².